The number of carbonyl (C=O) groups is 1. The first-order chi connectivity index (χ1) is 8.07. The van der Waals surface area contributed by atoms with Crippen LogP contribution < -0.4 is 4.74 Å². The zero-order valence-electron chi connectivity index (χ0n) is 10.9. The second kappa shape index (κ2) is 4.70. The van der Waals surface area contributed by atoms with Gasteiger partial charge in [-0.2, -0.15) is 0 Å². The third-order valence-corrected chi connectivity index (χ3v) is 4.10. The molecule has 6 heteroatoms. The molecule has 18 heavy (non-hydrogen) atoms. The third-order valence-electron chi connectivity index (χ3n) is 2.98. The van der Waals surface area contributed by atoms with Crippen molar-refractivity contribution in [3.63, 3.8) is 0 Å². The van der Waals surface area contributed by atoms with Crippen LogP contribution in [0.1, 0.15) is 29.2 Å². The van der Waals surface area contributed by atoms with Gasteiger partial charge in [-0.25, -0.2) is 8.42 Å². The Morgan fingerprint density at radius 2 is 1.39 bits per heavy atom. The van der Waals surface area contributed by atoms with E-state index >= 15 is 0 Å². The van der Waals surface area contributed by atoms with Crippen LogP contribution >= 0.6 is 0 Å². The van der Waals surface area contributed by atoms with E-state index in [9.17, 15) is 17.8 Å². The first-order valence-electron chi connectivity index (χ1n) is 5.32. The number of benzene rings is 1. The largest absolute Gasteiger partial charge is 0.744 e. The van der Waals surface area contributed by atoms with Crippen molar-refractivity contribution in [2.24, 2.45) is 0 Å². The molecule has 1 rings (SSSR count). The fourth-order valence-corrected chi connectivity index (χ4v) is 2.97. The first-order valence-corrected chi connectivity index (χ1v) is 6.72. The first kappa shape index (κ1) is 14.7. The molecule has 0 radical (unpaired) electrons. The number of esters is 1. The van der Waals surface area contributed by atoms with E-state index in [1.54, 1.807) is 13.8 Å². The van der Waals surface area contributed by atoms with Gasteiger partial charge in [-0.3, -0.25) is 4.79 Å². The summed E-state index contributed by atoms with van der Waals surface area (Å²) in [5.74, 6) is -0.164. The molecule has 1 aromatic carbocycles. The molecule has 0 saturated carbocycles. The zero-order chi connectivity index (χ0) is 14.2. The van der Waals surface area contributed by atoms with E-state index in [1.807, 2.05) is 0 Å². The van der Waals surface area contributed by atoms with Crippen LogP contribution in [0.3, 0.4) is 0 Å². The van der Waals surface area contributed by atoms with Gasteiger partial charge in [0, 0.05) is 6.92 Å². The van der Waals surface area contributed by atoms with Crippen LogP contribution in [0.4, 0.5) is 0 Å². The molecule has 0 atom stereocenters. The highest BCUT2D eigenvalue weighted by Gasteiger charge is 2.20. The van der Waals surface area contributed by atoms with Gasteiger partial charge in [-0.15, -0.1) is 0 Å². The fraction of sp³-hybridized carbons (Fsp3) is 0.417. The Hall–Kier alpha value is -1.40. The molecule has 0 amide bonds. The van der Waals surface area contributed by atoms with Crippen molar-refractivity contribution in [3.05, 3.63) is 22.3 Å². The van der Waals surface area contributed by atoms with E-state index in [0.29, 0.717) is 28.0 Å². The van der Waals surface area contributed by atoms with Crippen LogP contribution in [0, 0.1) is 27.7 Å². The van der Waals surface area contributed by atoms with Gasteiger partial charge in [0.15, 0.2) is 0 Å². The summed E-state index contributed by atoms with van der Waals surface area (Å²) >= 11 is 0. The third kappa shape index (κ3) is 2.54. The predicted octanol–water partition coefficient (Wildman–Crippen LogP) is 1.75. The number of rotatable bonds is 2. The lowest BCUT2D eigenvalue weighted by atomic mass is 10.00. The number of hydrogen-bond donors (Lipinski definition) is 0. The Labute approximate surface area is 107 Å². The van der Waals surface area contributed by atoms with E-state index in [1.165, 1.54) is 20.8 Å². The monoisotopic (exact) mass is 271 g/mol. The van der Waals surface area contributed by atoms with Crippen molar-refractivity contribution in [1.29, 1.82) is 0 Å². The molecule has 0 saturated heterocycles. The smallest absolute Gasteiger partial charge is 0.308 e. The minimum absolute atomic E-state index is 0.228. The van der Waals surface area contributed by atoms with Crippen LogP contribution in [0.15, 0.2) is 4.90 Å². The van der Waals surface area contributed by atoms with Gasteiger partial charge in [0.05, 0.1) is 4.90 Å². The molecule has 0 aromatic heterocycles. The van der Waals surface area contributed by atoms with Crippen LogP contribution in [0.5, 0.6) is 5.75 Å². The lowest BCUT2D eigenvalue weighted by Crippen LogP contribution is -2.11. The molecule has 0 unspecified atom stereocenters. The average Bonchev–Trinajstić information content (AvgIpc) is 2.19. The molecule has 0 N–H and O–H groups in total. The van der Waals surface area contributed by atoms with Crippen molar-refractivity contribution in [2.45, 2.75) is 39.5 Å². The number of carbonyl (C=O) groups excluding carboxylic acids is 1. The lowest BCUT2D eigenvalue weighted by Gasteiger charge is -2.21. The number of ether oxygens (including phenoxy) is 1. The van der Waals surface area contributed by atoms with Crippen LogP contribution in [-0.4, -0.2) is 18.9 Å². The highest BCUT2D eigenvalue weighted by Crippen LogP contribution is 2.34. The standard InChI is InChI=1S/C12H16O5S/c1-6-8(3)12(18(14,15)16)9(4)7(2)11(6)17-10(5)13/h1-5H3,(H,14,15,16)/p-1. The molecule has 5 nitrogen and oxygen atoms in total. The summed E-state index contributed by atoms with van der Waals surface area (Å²) in [4.78, 5) is 10.8. The average molecular weight is 271 g/mol. The summed E-state index contributed by atoms with van der Waals surface area (Å²) in [7, 11) is -4.54. The van der Waals surface area contributed by atoms with Gasteiger partial charge >= 0.3 is 5.97 Å². The molecule has 0 fully saturated rings. The molecular weight excluding hydrogens is 256 g/mol. The Morgan fingerprint density at radius 1 is 1.00 bits per heavy atom. The Kier molecular flexibility index (Phi) is 3.83. The van der Waals surface area contributed by atoms with Crippen molar-refractivity contribution >= 4 is 16.1 Å². The van der Waals surface area contributed by atoms with Crippen molar-refractivity contribution in [2.75, 3.05) is 0 Å². The summed E-state index contributed by atoms with van der Waals surface area (Å²) in [6.45, 7) is 7.56. The Balaban J connectivity index is 3.72. The SMILES string of the molecule is CC(=O)Oc1c(C)c(C)c(S(=O)(=O)[O-])c(C)c1C. The lowest BCUT2D eigenvalue weighted by molar-refractivity contribution is -0.131. The maximum atomic E-state index is 11.2. The summed E-state index contributed by atoms with van der Waals surface area (Å²) < 4.78 is 38.8. The predicted molar refractivity (Wildman–Crippen MR) is 64.7 cm³/mol. The Morgan fingerprint density at radius 3 is 1.67 bits per heavy atom. The molecule has 0 heterocycles. The van der Waals surface area contributed by atoms with Crippen LogP contribution in [0.25, 0.3) is 0 Å². The minimum Gasteiger partial charge on any atom is -0.744 e. The van der Waals surface area contributed by atoms with Crippen molar-refractivity contribution in [1.82, 2.24) is 0 Å². The molecule has 0 aliphatic carbocycles. The van der Waals surface area contributed by atoms with Crippen LogP contribution in [-0.2, 0) is 14.9 Å². The van der Waals surface area contributed by atoms with E-state index in [2.05, 4.69) is 0 Å². The van der Waals surface area contributed by atoms with Gasteiger partial charge in [0.25, 0.3) is 0 Å². The highest BCUT2D eigenvalue weighted by atomic mass is 32.2. The molecule has 0 aliphatic heterocycles. The second-order valence-electron chi connectivity index (χ2n) is 4.21. The van der Waals surface area contributed by atoms with E-state index in [4.69, 9.17) is 4.74 Å². The summed E-state index contributed by atoms with van der Waals surface area (Å²) in [6, 6.07) is 0. The molecule has 0 spiro atoms. The van der Waals surface area contributed by atoms with Crippen LogP contribution in [0.2, 0.25) is 0 Å². The second-order valence-corrected chi connectivity index (χ2v) is 5.52. The molecule has 100 valence electrons. The van der Waals surface area contributed by atoms with Gasteiger partial charge in [-0.05, 0) is 49.9 Å². The summed E-state index contributed by atoms with van der Waals surface area (Å²) in [6.07, 6.45) is 0. The molecule has 1 aromatic rings. The zero-order valence-corrected chi connectivity index (χ0v) is 11.8. The minimum atomic E-state index is -4.54. The van der Waals surface area contributed by atoms with Crippen molar-refractivity contribution < 1.29 is 22.5 Å². The van der Waals surface area contributed by atoms with Gasteiger partial charge < -0.3 is 9.29 Å². The maximum absolute atomic E-state index is 11.2. The summed E-state index contributed by atoms with van der Waals surface area (Å²) in [5.41, 5.74) is 1.62. The quantitative estimate of drug-likeness (QED) is 0.465. The molecular formula is C12H15O5S-. The highest BCUT2D eigenvalue weighted by molar-refractivity contribution is 7.85. The molecule has 0 aliphatic rings. The van der Waals surface area contributed by atoms with Gasteiger partial charge in [0.1, 0.15) is 15.9 Å². The summed E-state index contributed by atoms with van der Waals surface area (Å²) in [5, 5.41) is 0. The Bertz CT molecular complexity index is 585. The van der Waals surface area contributed by atoms with E-state index in [0.717, 1.165) is 0 Å². The topological polar surface area (TPSA) is 83.5 Å². The number of hydrogen-bond acceptors (Lipinski definition) is 5. The van der Waals surface area contributed by atoms with Crippen molar-refractivity contribution in [3.8, 4) is 5.75 Å². The molecule has 0 bridgehead atoms. The van der Waals surface area contributed by atoms with Gasteiger partial charge in [0.2, 0.25) is 0 Å². The fourth-order valence-electron chi connectivity index (χ4n) is 1.92. The van der Waals surface area contributed by atoms with E-state index in [-0.39, 0.29) is 4.90 Å². The normalized spacial score (nSPS) is 11.4. The maximum Gasteiger partial charge on any atom is 0.308 e. The van der Waals surface area contributed by atoms with E-state index < -0.39 is 16.1 Å². The van der Waals surface area contributed by atoms with Gasteiger partial charge in [-0.1, -0.05) is 0 Å².